The van der Waals surface area contributed by atoms with Gasteiger partial charge < -0.3 is 15.6 Å². The molecule has 0 aliphatic heterocycles. The van der Waals surface area contributed by atoms with Crippen LogP contribution in [0.25, 0.3) is 0 Å². The molecule has 3 N–H and O–H groups in total. The number of para-hydroxylation sites is 1. The van der Waals surface area contributed by atoms with Gasteiger partial charge in [-0.05, 0) is 17.9 Å². The van der Waals surface area contributed by atoms with Crippen molar-refractivity contribution in [1.29, 1.82) is 0 Å². The second-order valence-corrected chi connectivity index (χ2v) is 4.13. The number of phenols is 1. The van der Waals surface area contributed by atoms with Crippen molar-refractivity contribution in [2.75, 3.05) is 23.8 Å². The van der Waals surface area contributed by atoms with Crippen LogP contribution in [0.1, 0.15) is 6.92 Å². The summed E-state index contributed by atoms with van der Waals surface area (Å²) in [6.45, 7) is 2.72. The normalized spacial score (nSPS) is 10.1. The van der Waals surface area contributed by atoms with Crippen LogP contribution < -0.4 is 10.5 Å². The second kappa shape index (κ2) is 5.65. The number of phenolic OH excluding ortho intramolecular Hbond substituents is 1. The molecular formula is C10H15NO2S. The Morgan fingerprint density at radius 2 is 2.29 bits per heavy atom. The highest BCUT2D eigenvalue weighted by Crippen LogP contribution is 2.29. The van der Waals surface area contributed by atoms with E-state index in [0.717, 1.165) is 11.5 Å². The Kier molecular flexibility index (Phi) is 4.46. The van der Waals surface area contributed by atoms with Crippen LogP contribution in [-0.4, -0.2) is 23.2 Å². The van der Waals surface area contributed by atoms with Crippen LogP contribution in [0.5, 0.6) is 11.5 Å². The minimum Gasteiger partial charge on any atom is -0.506 e. The summed E-state index contributed by atoms with van der Waals surface area (Å²) in [6, 6.07) is 5.02. The maximum Gasteiger partial charge on any atom is 0.146 e. The Morgan fingerprint density at radius 1 is 1.50 bits per heavy atom. The fourth-order valence-electron chi connectivity index (χ4n) is 1.01. The number of aromatic hydroxyl groups is 1. The third-order valence-corrected chi connectivity index (χ3v) is 2.60. The quantitative estimate of drug-likeness (QED) is 0.447. The summed E-state index contributed by atoms with van der Waals surface area (Å²) in [5.74, 6) is 2.65. The van der Waals surface area contributed by atoms with Gasteiger partial charge in [0, 0.05) is 5.75 Å². The smallest absolute Gasteiger partial charge is 0.146 e. The van der Waals surface area contributed by atoms with E-state index in [1.54, 1.807) is 18.2 Å². The molecule has 14 heavy (non-hydrogen) atoms. The standard InChI is InChI=1S/C10H15NO2S/c1-2-14-7-6-13-9-5-3-4-8(12)10(9)11/h3-5,12H,2,6-7,11H2,1H3. The van der Waals surface area contributed by atoms with Crippen molar-refractivity contribution in [1.82, 2.24) is 0 Å². The van der Waals surface area contributed by atoms with Crippen LogP contribution in [0.3, 0.4) is 0 Å². The van der Waals surface area contributed by atoms with E-state index in [1.165, 1.54) is 0 Å². The van der Waals surface area contributed by atoms with E-state index in [2.05, 4.69) is 6.92 Å². The molecule has 0 heterocycles. The summed E-state index contributed by atoms with van der Waals surface area (Å²) in [7, 11) is 0. The van der Waals surface area contributed by atoms with Gasteiger partial charge in [-0.3, -0.25) is 0 Å². The molecule has 0 aliphatic carbocycles. The Bertz CT molecular complexity index is 291. The third kappa shape index (κ3) is 3.03. The number of hydrogen-bond donors (Lipinski definition) is 2. The minimum absolute atomic E-state index is 0.0747. The predicted octanol–water partition coefficient (Wildman–Crippen LogP) is 2.11. The maximum absolute atomic E-state index is 9.29. The van der Waals surface area contributed by atoms with Crippen LogP contribution in [-0.2, 0) is 0 Å². The summed E-state index contributed by atoms with van der Waals surface area (Å²) >= 11 is 1.81. The molecule has 1 aromatic carbocycles. The number of nitrogens with two attached hydrogens (primary N) is 1. The van der Waals surface area contributed by atoms with Crippen molar-refractivity contribution >= 4 is 17.4 Å². The highest BCUT2D eigenvalue weighted by atomic mass is 32.2. The van der Waals surface area contributed by atoms with E-state index in [1.807, 2.05) is 11.8 Å². The zero-order valence-electron chi connectivity index (χ0n) is 8.19. The van der Waals surface area contributed by atoms with Crippen molar-refractivity contribution in [3.63, 3.8) is 0 Å². The monoisotopic (exact) mass is 213 g/mol. The molecule has 0 amide bonds. The molecule has 0 spiro atoms. The molecule has 4 heteroatoms. The lowest BCUT2D eigenvalue weighted by Gasteiger charge is -2.08. The molecule has 0 unspecified atom stereocenters. The summed E-state index contributed by atoms with van der Waals surface area (Å²) in [5.41, 5.74) is 5.93. The predicted molar refractivity (Wildman–Crippen MR) is 61.0 cm³/mol. The highest BCUT2D eigenvalue weighted by molar-refractivity contribution is 7.99. The number of ether oxygens (including phenoxy) is 1. The van der Waals surface area contributed by atoms with E-state index in [9.17, 15) is 5.11 Å². The van der Waals surface area contributed by atoms with E-state index in [-0.39, 0.29) is 5.75 Å². The van der Waals surface area contributed by atoms with Crippen LogP contribution in [0.2, 0.25) is 0 Å². The molecule has 0 atom stereocenters. The van der Waals surface area contributed by atoms with Gasteiger partial charge in [0.25, 0.3) is 0 Å². The molecule has 0 aromatic heterocycles. The first-order chi connectivity index (χ1) is 6.75. The van der Waals surface area contributed by atoms with Crippen LogP contribution in [0, 0.1) is 0 Å². The van der Waals surface area contributed by atoms with Gasteiger partial charge in [0.2, 0.25) is 0 Å². The number of rotatable bonds is 5. The zero-order valence-corrected chi connectivity index (χ0v) is 9.01. The molecule has 0 fully saturated rings. The van der Waals surface area contributed by atoms with Crippen LogP contribution >= 0.6 is 11.8 Å². The number of hydrogen-bond acceptors (Lipinski definition) is 4. The number of benzene rings is 1. The largest absolute Gasteiger partial charge is 0.506 e. The molecule has 0 aliphatic rings. The minimum atomic E-state index is 0.0747. The number of nitrogen functional groups attached to an aromatic ring is 1. The van der Waals surface area contributed by atoms with Crippen molar-refractivity contribution in [2.45, 2.75) is 6.92 Å². The van der Waals surface area contributed by atoms with Gasteiger partial charge in [-0.2, -0.15) is 11.8 Å². The summed E-state index contributed by atoms with van der Waals surface area (Å²) in [4.78, 5) is 0. The van der Waals surface area contributed by atoms with Gasteiger partial charge in [-0.1, -0.05) is 13.0 Å². The molecule has 0 bridgehead atoms. The van der Waals surface area contributed by atoms with Crippen LogP contribution in [0.15, 0.2) is 18.2 Å². The Hall–Kier alpha value is -1.03. The summed E-state index contributed by atoms with van der Waals surface area (Å²) in [6.07, 6.45) is 0. The molecule has 0 saturated heterocycles. The van der Waals surface area contributed by atoms with Crippen molar-refractivity contribution in [2.24, 2.45) is 0 Å². The Morgan fingerprint density at radius 3 is 3.00 bits per heavy atom. The average molecular weight is 213 g/mol. The average Bonchev–Trinajstić information content (AvgIpc) is 2.19. The topological polar surface area (TPSA) is 55.5 Å². The SMILES string of the molecule is CCSCCOc1cccc(O)c1N. The van der Waals surface area contributed by atoms with Crippen molar-refractivity contribution < 1.29 is 9.84 Å². The van der Waals surface area contributed by atoms with Gasteiger partial charge in [-0.25, -0.2) is 0 Å². The van der Waals surface area contributed by atoms with Crippen molar-refractivity contribution in [3.05, 3.63) is 18.2 Å². The lowest BCUT2D eigenvalue weighted by atomic mass is 10.3. The maximum atomic E-state index is 9.29. The first kappa shape index (κ1) is 11.0. The van der Waals surface area contributed by atoms with E-state index < -0.39 is 0 Å². The molecular weight excluding hydrogens is 198 g/mol. The molecule has 0 radical (unpaired) electrons. The summed E-state index contributed by atoms with van der Waals surface area (Å²) < 4.78 is 5.41. The molecule has 1 aromatic rings. The van der Waals surface area contributed by atoms with Gasteiger partial charge in [-0.15, -0.1) is 0 Å². The first-order valence-electron chi connectivity index (χ1n) is 4.53. The lowest BCUT2D eigenvalue weighted by Crippen LogP contribution is -2.02. The van der Waals surface area contributed by atoms with E-state index >= 15 is 0 Å². The van der Waals surface area contributed by atoms with Gasteiger partial charge in [0.05, 0.1) is 6.61 Å². The van der Waals surface area contributed by atoms with Crippen molar-refractivity contribution in [3.8, 4) is 11.5 Å². The van der Waals surface area contributed by atoms with E-state index in [4.69, 9.17) is 10.5 Å². The Labute approximate surface area is 88.3 Å². The van der Waals surface area contributed by atoms with Crippen LogP contribution in [0.4, 0.5) is 5.69 Å². The van der Waals surface area contributed by atoms with Gasteiger partial charge >= 0.3 is 0 Å². The number of thioether (sulfide) groups is 1. The summed E-state index contributed by atoms with van der Waals surface area (Å²) in [5, 5.41) is 9.29. The fraction of sp³-hybridized carbons (Fsp3) is 0.400. The Balaban J connectivity index is 2.46. The highest BCUT2D eigenvalue weighted by Gasteiger charge is 2.03. The van der Waals surface area contributed by atoms with E-state index in [0.29, 0.717) is 18.0 Å². The molecule has 3 nitrogen and oxygen atoms in total. The third-order valence-electron chi connectivity index (χ3n) is 1.73. The molecule has 78 valence electrons. The lowest BCUT2D eigenvalue weighted by molar-refractivity contribution is 0.343. The number of anilines is 1. The van der Waals surface area contributed by atoms with Gasteiger partial charge in [0.1, 0.15) is 17.2 Å². The molecule has 1 rings (SSSR count). The second-order valence-electron chi connectivity index (χ2n) is 2.73. The zero-order chi connectivity index (χ0) is 10.4. The molecule has 0 saturated carbocycles. The fourth-order valence-corrected chi connectivity index (χ4v) is 1.50. The first-order valence-corrected chi connectivity index (χ1v) is 5.69. The van der Waals surface area contributed by atoms with Gasteiger partial charge in [0.15, 0.2) is 0 Å².